The number of oxazole rings is 1. The van der Waals surface area contributed by atoms with Crippen LogP contribution in [0.25, 0.3) is 33.5 Å². The van der Waals surface area contributed by atoms with Crippen molar-refractivity contribution in [2.75, 3.05) is 20.3 Å². The smallest absolute Gasteiger partial charge is 0.308 e. The molecule has 1 aliphatic carbocycles. The van der Waals surface area contributed by atoms with Gasteiger partial charge in [0.25, 0.3) is 0 Å². The molecule has 40 heavy (non-hydrogen) atoms. The zero-order chi connectivity index (χ0) is 27.8. The summed E-state index contributed by atoms with van der Waals surface area (Å²) in [5, 5.41) is 1.06. The second-order valence-corrected chi connectivity index (χ2v) is 11.0. The van der Waals surface area contributed by atoms with Crippen LogP contribution in [0.4, 0.5) is 4.39 Å². The number of hydrogen-bond donors (Lipinski definition) is 0. The summed E-state index contributed by atoms with van der Waals surface area (Å²) in [6, 6.07) is 13.4. The van der Waals surface area contributed by atoms with Crippen molar-refractivity contribution < 1.29 is 27.9 Å². The second kappa shape index (κ2) is 11.0. The van der Waals surface area contributed by atoms with Crippen LogP contribution in [0.5, 0.6) is 0 Å². The van der Waals surface area contributed by atoms with E-state index >= 15 is 0 Å². The molecule has 210 valence electrons. The third-order valence-electron chi connectivity index (χ3n) is 8.35. The summed E-state index contributed by atoms with van der Waals surface area (Å²) in [4.78, 5) is 31.4. The topological polar surface area (TPSA) is 86.8 Å². The summed E-state index contributed by atoms with van der Waals surface area (Å²) < 4.78 is 33.6. The number of methoxy groups -OCH3 is 1. The van der Waals surface area contributed by atoms with Gasteiger partial charge in [-0.15, -0.1) is 0 Å². The van der Waals surface area contributed by atoms with E-state index < -0.39 is 6.17 Å². The van der Waals surface area contributed by atoms with E-state index in [-0.39, 0.29) is 49.3 Å². The number of esters is 1. The Balaban J connectivity index is 1.11. The van der Waals surface area contributed by atoms with Gasteiger partial charge in [0.2, 0.25) is 11.8 Å². The maximum Gasteiger partial charge on any atom is 0.308 e. The molecule has 0 spiro atoms. The number of para-hydroxylation sites is 1. The number of benzene rings is 2. The van der Waals surface area contributed by atoms with Crippen LogP contribution in [0.3, 0.4) is 0 Å². The second-order valence-electron chi connectivity index (χ2n) is 11.0. The van der Waals surface area contributed by atoms with E-state index in [9.17, 15) is 14.0 Å². The van der Waals surface area contributed by atoms with Crippen molar-refractivity contribution in [2.45, 2.75) is 56.8 Å². The van der Waals surface area contributed by atoms with Crippen molar-refractivity contribution in [3.05, 3.63) is 54.2 Å². The lowest BCUT2D eigenvalue weighted by atomic mass is 9.87. The summed E-state index contributed by atoms with van der Waals surface area (Å²) in [5.74, 6) is 0.165. The fourth-order valence-electron chi connectivity index (χ4n) is 6.18. The zero-order valence-electron chi connectivity index (χ0n) is 22.8. The van der Waals surface area contributed by atoms with Crippen molar-refractivity contribution in [3.8, 4) is 11.5 Å². The van der Waals surface area contributed by atoms with E-state index in [1.165, 1.54) is 7.11 Å². The minimum Gasteiger partial charge on any atom is -0.469 e. The number of rotatable bonds is 7. The fourth-order valence-corrected chi connectivity index (χ4v) is 6.18. The molecular weight excluding hydrogens is 513 g/mol. The van der Waals surface area contributed by atoms with Crippen LogP contribution in [-0.2, 0) is 32.5 Å². The molecule has 2 atom stereocenters. The lowest BCUT2D eigenvalue weighted by molar-refractivity contribution is -0.148. The van der Waals surface area contributed by atoms with Crippen LogP contribution in [0, 0.1) is 5.92 Å². The Bertz CT molecular complexity index is 1540. The average Bonchev–Trinajstić information content (AvgIpc) is 3.66. The van der Waals surface area contributed by atoms with Crippen molar-refractivity contribution in [1.29, 1.82) is 0 Å². The molecule has 1 saturated heterocycles. The van der Waals surface area contributed by atoms with Gasteiger partial charge in [-0.2, -0.15) is 0 Å². The molecule has 9 heteroatoms. The number of likely N-dealkylation sites (tertiary alicyclic amines) is 1. The van der Waals surface area contributed by atoms with Crippen LogP contribution in [0.1, 0.15) is 37.7 Å². The van der Waals surface area contributed by atoms with Gasteiger partial charge in [0.1, 0.15) is 11.7 Å². The highest BCUT2D eigenvalue weighted by atomic mass is 19.1. The summed E-state index contributed by atoms with van der Waals surface area (Å²) in [6.45, 7) is 0.382. The van der Waals surface area contributed by atoms with Gasteiger partial charge in [0.15, 0.2) is 5.58 Å². The van der Waals surface area contributed by atoms with Gasteiger partial charge in [0.05, 0.1) is 50.3 Å². The Morgan fingerprint density at radius 1 is 1.12 bits per heavy atom. The standard InChI is InChI=1S/C31H34FN3O5/c1-34-17-25(24-5-3-4-6-27(24)34)30-33-26-12-7-19(13-28(26)40-30)14-29(36)35-16-21(32)15-22(35)18-39-23-10-8-20(9-11-23)31(37)38-2/h3-7,12-13,17,20-23H,8-11,14-16,18H2,1-2H3/t20?,21-,22-,23?/m0/s1. The van der Waals surface area contributed by atoms with Gasteiger partial charge in [-0.05, 0) is 49.4 Å². The molecule has 2 aliphatic rings. The molecular formula is C31H34FN3O5. The number of amides is 1. The molecule has 0 N–H and O–H groups in total. The first-order chi connectivity index (χ1) is 19.4. The molecule has 2 aromatic carbocycles. The maximum atomic E-state index is 14.4. The predicted octanol–water partition coefficient (Wildman–Crippen LogP) is 5.22. The SMILES string of the molecule is COC(=O)C1CCC(OC[C@@H]2C[C@H](F)CN2C(=O)Cc2ccc3nc(-c4cn(C)c5ccccc45)oc3c2)CC1. The summed E-state index contributed by atoms with van der Waals surface area (Å²) >= 11 is 0. The number of alkyl halides is 1. The summed E-state index contributed by atoms with van der Waals surface area (Å²) in [5.41, 5.74) is 4.13. The first-order valence-corrected chi connectivity index (χ1v) is 14.0. The first kappa shape index (κ1) is 26.5. The zero-order valence-corrected chi connectivity index (χ0v) is 22.8. The van der Waals surface area contributed by atoms with E-state index in [1.807, 2.05) is 54.2 Å². The van der Waals surface area contributed by atoms with Crippen LogP contribution in [-0.4, -0.2) is 64.9 Å². The minimum absolute atomic E-state index is 0.0151. The number of hydrogen-bond acceptors (Lipinski definition) is 6. The highest BCUT2D eigenvalue weighted by Crippen LogP contribution is 2.33. The van der Waals surface area contributed by atoms with E-state index in [0.717, 1.165) is 53.2 Å². The lowest BCUT2D eigenvalue weighted by Crippen LogP contribution is -2.40. The number of carbonyl (C=O) groups excluding carboxylic acids is 2. The number of halogens is 1. The molecule has 3 heterocycles. The number of aromatic nitrogens is 2. The molecule has 8 nitrogen and oxygen atoms in total. The van der Waals surface area contributed by atoms with Crippen LogP contribution < -0.4 is 0 Å². The van der Waals surface area contributed by atoms with Gasteiger partial charge in [-0.1, -0.05) is 24.3 Å². The Kier molecular flexibility index (Phi) is 7.31. The molecule has 2 fully saturated rings. The van der Waals surface area contributed by atoms with Crippen molar-refractivity contribution >= 4 is 33.9 Å². The summed E-state index contributed by atoms with van der Waals surface area (Å²) in [6.07, 6.45) is 4.36. The van der Waals surface area contributed by atoms with Gasteiger partial charge >= 0.3 is 5.97 Å². The minimum atomic E-state index is -1.06. The number of aryl methyl sites for hydroxylation is 1. The third-order valence-corrected chi connectivity index (χ3v) is 8.35. The fraction of sp³-hybridized carbons (Fsp3) is 0.452. The van der Waals surface area contributed by atoms with Crippen LogP contribution in [0.2, 0.25) is 0 Å². The third kappa shape index (κ3) is 5.22. The monoisotopic (exact) mass is 547 g/mol. The molecule has 1 saturated carbocycles. The van der Waals surface area contributed by atoms with Crippen molar-refractivity contribution in [2.24, 2.45) is 13.0 Å². The lowest BCUT2D eigenvalue weighted by Gasteiger charge is -2.30. The van der Waals surface area contributed by atoms with Gasteiger partial charge < -0.3 is 23.4 Å². The highest BCUT2D eigenvalue weighted by molar-refractivity contribution is 5.95. The number of nitrogens with zero attached hydrogens (tertiary/aromatic N) is 3. The van der Waals surface area contributed by atoms with Crippen molar-refractivity contribution in [3.63, 3.8) is 0 Å². The van der Waals surface area contributed by atoms with E-state index in [0.29, 0.717) is 18.1 Å². The Morgan fingerprint density at radius 3 is 2.73 bits per heavy atom. The molecule has 6 rings (SSSR count). The average molecular weight is 548 g/mol. The molecule has 2 aromatic heterocycles. The first-order valence-electron chi connectivity index (χ1n) is 14.0. The summed E-state index contributed by atoms with van der Waals surface area (Å²) in [7, 11) is 3.41. The predicted molar refractivity (Wildman–Crippen MR) is 148 cm³/mol. The van der Waals surface area contributed by atoms with Gasteiger partial charge in [-0.3, -0.25) is 9.59 Å². The molecule has 4 aromatic rings. The van der Waals surface area contributed by atoms with E-state index in [4.69, 9.17) is 13.9 Å². The number of carbonyl (C=O) groups is 2. The number of fused-ring (bicyclic) bond motifs is 2. The quantitative estimate of drug-likeness (QED) is 0.295. The van der Waals surface area contributed by atoms with Crippen molar-refractivity contribution in [1.82, 2.24) is 14.5 Å². The largest absolute Gasteiger partial charge is 0.469 e. The van der Waals surface area contributed by atoms with E-state index in [2.05, 4.69) is 11.1 Å². The van der Waals surface area contributed by atoms with Gasteiger partial charge in [0, 0.05) is 30.6 Å². The van der Waals surface area contributed by atoms with E-state index in [1.54, 1.807) is 4.90 Å². The Morgan fingerprint density at radius 2 is 1.93 bits per heavy atom. The number of ether oxygens (including phenoxy) is 2. The van der Waals surface area contributed by atoms with Crippen LogP contribution in [0.15, 0.2) is 53.1 Å². The molecule has 0 bridgehead atoms. The van der Waals surface area contributed by atoms with Crippen LogP contribution >= 0.6 is 0 Å². The molecule has 1 aliphatic heterocycles. The Labute approximate surface area is 232 Å². The highest BCUT2D eigenvalue weighted by Gasteiger charge is 2.36. The normalized spacial score (nSPS) is 23.2. The molecule has 1 amide bonds. The Hall–Kier alpha value is -3.72. The van der Waals surface area contributed by atoms with Gasteiger partial charge in [-0.25, -0.2) is 9.37 Å². The molecule has 0 unspecified atom stereocenters. The molecule has 0 radical (unpaired) electrons. The maximum absolute atomic E-state index is 14.4.